The van der Waals surface area contributed by atoms with Crippen LogP contribution in [0, 0.1) is 0 Å². The standard InChI is InChI=1S/C17H15N3OS/c21-17(18-13-5-6-13)12-3-7-14(8-4-12)20-10-9-15(19-20)16-2-1-11-22-16/h1-4,7-11,13H,5-6H2,(H,18,21). The Kier molecular flexibility index (Phi) is 3.27. The summed E-state index contributed by atoms with van der Waals surface area (Å²) in [5, 5.41) is 9.62. The first kappa shape index (κ1) is 13.3. The lowest BCUT2D eigenvalue weighted by molar-refractivity contribution is 0.0951. The molecule has 22 heavy (non-hydrogen) atoms. The molecule has 3 aromatic rings. The van der Waals surface area contributed by atoms with Crippen LogP contribution in [0.2, 0.25) is 0 Å². The summed E-state index contributed by atoms with van der Waals surface area (Å²) >= 11 is 1.67. The van der Waals surface area contributed by atoms with Gasteiger partial charge in [-0.25, -0.2) is 4.68 Å². The van der Waals surface area contributed by atoms with E-state index in [1.807, 2.05) is 52.7 Å². The number of thiophene rings is 1. The fourth-order valence-electron chi connectivity index (χ4n) is 2.29. The van der Waals surface area contributed by atoms with Gasteiger partial charge < -0.3 is 5.32 Å². The summed E-state index contributed by atoms with van der Waals surface area (Å²) in [6, 6.07) is 14.0. The second-order valence-corrected chi connectivity index (χ2v) is 6.37. The highest BCUT2D eigenvalue weighted by Crippen LogP contribution is 2.23. The van der Waals surface area contributed by atoms with Crippen LogP contribution in [-0.2, 0) is 0 Å². The van der Waals surface area contributed by atoms with Crippen LogP contribution in [0.4, 0.5) is 0 Å². The fraction of sp³-hybridized carbons (Fsp3) is 0.176. The summed E-state index contributed by atoms with van der Waals surface area (Å²) in [5.74, 6) is 0.00814. The summed E-state index contributed by atoms with van der Waals surface area (Å²) in [4.78, 5) is 13.1. The highest BCUT2D eigenvalue weighted by atomic mass is 32.1. The molecule has 0 spiro atoms. The smallest absolute Gasteiger partial charge is 0.251 e. The third-order valence-corrected chi connectivity index (χ3v) is 4.56. The molecule has 0 aliphatic heterocycles. The van der Waals surface area contributed by atoms with E-state index in [1.54, 1.807) is 11.3 Å². The number of hydrogen-bond acceptors (Lipinski definition) is 3. The van der Waals surface area contributed by atoms with Crippen molar-refractivity contribution < 1.29 is 4.79 Å². The lowest BCUT2D eigenvalue weighted by Crippen LogP contribution is -2.25. The number of carbonyl (C=O) groups is 1. The van der Waals surface area contributed by atoms with Crippen molar-refractivity contribution in [3.8, 4) is 16.3 Å². The maximum Gasteiger partial charge on any atom is 0.251 e. The Bertz CT molecular complexity index is 786. The molecule has 5 heteroatoms. The maximum atomic E-state index is 12.0. The summed E-state index contributed by atoms with van der Waals surface area (Å²) in [6.07, 6.45) is 4.14. The minimum Gasteiger partial charge on any atom is -0.349 e. The minimum absolute atomic E-state index is 0.00814. The van der Waals surface area contributed by atoms with E-state index in [0.29, 0.717) is 11.6 Å². The second-order valence-electron chi connectivity index (χ2n) is 5.42. The maximum absolute atomic E-state index is 12.0. The predicted molar refractivity (Wildman–Crippen MR) is 87.4 cm³/mol. The van der Waals surface area contributed by atoms with Crippen molar-refractivity contribution in [2.45, 2.75) is 18.9 Å². The average Bonchev–Trinajstić information content (AvgIpc) is 3.05. The first-order valence-electron chi connectivity index (χ1n) is 7.30. The number of aromatic nitrogens is 2. The zero-order chi connectivity index (χ0) is 14.9. The third kappa shape index (κ3) is 2.67. The molecule has 0 radical (unpaired) electrons. The number of amides is 1. The van der Waals surface area contributed by atoms with Crippen LogP contribution in [0.25, 0.3) is 16.3 Å². The first-order chi connectivity index (χ1) is 10.8. The van der Waals surface area contributed by atoms with Gasteiger partial charge in [0, 0.05) is 17.8 Å². The molecule has 1 saturated carbocycles. The molecular formula is C17H15N3OS. The minimum atomic E-state index is 0.00814. The van der Waals surface area contributed by atoms with Crippen molar-refractivity contribution in [1.29, 1.82) is 0 Å². The normalized spacial score (nSPS) is 14.0. The SMILES string of the molecule is O=C(NC1CC1)c1ccc(-n2ccc(-c3cccs3)n2)cc1. The van der Waals surface area contributed by atoms with Crippen LogP contribution in [-0.4, -0.2) is 21.7 Å². The molecule has 2 aromatic heterocycles. The molecule has 1 fully saturated rings. The lowest BCUT2D eigenvalue weighted by Gasteiger charge is -2.05. The van der Waals surface area contributed by atoms with Gasteiger partial charge in [0.25, 0.3) is 5.91 Å². The molecular weight excluding hydrogens is 294 g/mol. The van der Waals surface area contributed by atoms with Crippen LogP contribution < -0.4 is 5.32 Å². The molecule has 1 N–H and O–H groups in total. The summed E-state index contributed by atoms with van der Waals surface area (Å²) in [7, 11) is 0. The molecule has 1 amide bonds. The van der Waals surface area contributed by atoms with Crippen LogP contribution >= 0.6 is 11.3 Å². The first-order valence-corrected chi connectivity index (χ1v) is 8.18. The van der Waals surface area contributed by atoms with Crippen LogP contribution in [0.15, 0.2) is 54.0 Å². The Morgan fingerprint density at radius 2 is 2.00 bits per heavy atom. The molecule has 0 saturated heterocycles. The van der Waals surface area contributed by atoms with Crippen LogP contribution in [0.5, 0.6) is 0 Å². The van der Waals surface area contributed by atoms with E-state index in [-0.39, 0.29) is 5.91 Å². The Morgan fingerprint density at radius 1 is 1.18 bits per heavy atom. The highest BCUT2D eigenvalue weighted by molar-refractivity contribution is 7.13. The van der Waals surface area contributed by atoms with Crippen molar-refractivity contribution >= 4 is 17.2 Å². The van der Waals surface area contributed by atoms with E-state index in [1.165, 1.54) is 0 Å². The van der Waals surface area contributed by atoms with E-state index < -0.39 is 0 Å². The number of nitrogens with zero attached hydrogens (tertiary/aromatic N) is 2. The van der Waals surface area contributed by atoms with Gasteiger partial charge >= 0.3 is 0 Å². The zero-order valence-electron chi connectivity index (χ0n) is 11.9. The molecule has 2 heterocycles. The quantitative estimate of drug-likeness (QED) is 0.802. The molecule has 1 aliphatic carbocycles. The van der Waals surface area contributed by atoms with Crippen molar-refractivity contribution in [3.05, 3.63) is 59.6 Å². The Morgan fingerprint density at radius 3 is 2.68 bits per heavy atom. The van der Waals surface area contributed by atoms with Crippen molar-refractivity contribution in [2.24, 2.45) is 0 Å². The molecule has 1 aromatic carbocycles. The van der Waals surface area contributed by atoms with E-state index >= 15 is 0 Å². The van der Waals surface area contributed by atoms with Gasteiger partial charge in [-0.2, -0.15) is 5.10 Å². The van der Waals surface area contributed by atoms with Crippen molar-refractivity contribution in [2.75, 3.05) is 0 Å². The average molecular weight is 309 g/mol. The van der Waals surface area contributed by atoms with Gasteiger partial charge in [0.2, 0.25) is 0 Å². The van der Waals surface area contributed by atoms with Crippen LogP contribution in [0.3, 0.4) is 0 Å². The van der Waals surface area contributed by atoms with Gasteiger partial charge in [-0.3, -0.25) is 4.79 Å². The van der Waals surface area contributed by atoms with Gasteiger partial charge in [-0.15, -0.1) is 11.3 Å². The summed E-state index contributed by atoms with van der Waals surface area (Å²) in [6.45, 7) is 0. The van der Waals surface area contributed by atoms with Gasteiger partial charge in [-0.05, 0) is 54.6 Å². The molecule has 1 aliphatic rings. The predicted octanol–water partition coefficient (Wildman–Crippen LogP) is 3.49. The van der Waals surface area contributed by atoms with Crippen molar-refractivity contribution in [1.82, 2.24) is 15.1 Å². The molecule has 4 nitrogen and oxygen atoms in total. The van der Waals surface area contributed by atoms with E-state index in [4.69, 9.17) is 0 Å². The Balaban J connectivity index is 1.54. The highest BCUT2D eigenvalue weighted by Gasteiger charge is 2.23. The monoisotopic (exact) mass is 309 g/mol. The van der Waals surface area contributed by atoms with Gasteiger partial charge in [0.05, 0.1) is 10.6 Å². The molecule has 110 valence electrons. The van der Waals surface area contributed by atoms with Gasteiger partial charge in [0.15, 0.2) is 0 Å². The second kappa shape index (κ2) is 5.42. The Hall–Kier alpha value is -2.40. The fourth-order valence-corrected chi connectivity index (χ4v) is 2.98. The number of hydrogen-bond donors (Lipinski definition) is 1. The largest absolute Gasteiger partial charge is 0.349 e. The molecule has 0 unspecified atom stereocenters. The number of nitrogens with one attached hydrogen (secondary N) is 1. The number of rotatable bonds is 4. The van der Waals surface area contributed by atoms with Gasteiger partial charge in [0.1, 0.15) is 5.69 Å². The topological polar surface area (TPSA) is 46.9 Å². The van der Waals surface area contributed by atoms with Gasteiger partial charge in [-0.1, -0.05) is 6.07 Å². The molecule has 0 bridgehead atoms. The molecule has 4 rings (SSSR count). The van der Waals surface area contributed by atoms with E-state index in [0.717, 1.165) is 29.1 Å². The van der Waals surface area contributed by atoms with Crippen molar-refractivity contribution in [3.63, 3.8) is 0 Å². The number of carbonyl (C=O) groups excluding carboxylic acids is 1. The Labute approximate surface area is 132 Å². The lowest BCUT2D eigenvalue weighted by atomic mass is 10.2. The summed E-state index contributed by atoms with van der Waals surface area (Å²) < 4.78 is 1.83. The zero-order valence-corrected chi connectivity index (χ0v) is 12.7. The summed E-state index contributed by atoms with van der Waals surface area (Å²) in [5.41, 5.74) is 2.61. The van der Waals surface area contributed by atoms with E-state index in [9.17, 15) is 4.79 Å². The molecule has 0 atom stereocenters. The van der Waals surface area contributed by atoms with Crippen LogP contribution in [0.1, 0.15) is 23.2 Å². The third-order valence-electron chi connectivity index (χ3n) is 3.67. The van der Waals surface area contributed by atoms with E-state index in [2.05, 4.69) is 16.5 Å². The number of benzene rings is 1.